The van der Waals surface area contributed by atoms with Gasteiger partial charge in [-0.05, 0) is 43.9 Å². The Labute approximate surface area is 203 Å². The number of sulfone groups is 1. The van der Waals surface area contributed by atoms with Crippen LogP contribution in [0.4, 0.5) is 13.2 Å². The maximum atomic E-state index is 13.5. The van der Waals surface area contributed by atoms with E-state index in [1.54, 1.807) is 43.3 Å². The molecule has 0 radical (unpaired) electrons. The number of carbonyl (C=O) groups excluding carboxylic acids is 1. The highest BCUT2D eigenvalue weighted by atomic mass is 35.5. The molecule has 0 saturated heterocycles. The molecule has 3 aromatic rings. The molecule has 0 aliphatic heterocycles. The second kappa shape index (κ2) is 10.1. The van der Waals surface area contributed by atoms with Crippen molar-refractivity contribution >= 4 is 38.7 Å². The Morgan fingerprint density at radius 3 is 2.50 bits per heavy atom. The van der Waals surface area contributed by atoms with E-state index in [0.29, 0.717) is 21.9 Å². The molecule has 0 atom stereocenters. The first-order valence-corrected chi connectivity index (χ1v) is 12.9. The number of hydrogen-bond acceptors (Lipinski definition) is 7. The fraction of sp³-hybridized carbons (Fsp3) is 0.333. The van der Waals surface area contributed by atoms with E-state index in [2.05, 4.69) is 5.10 Å². The third-order valence-electron chi connectivity index (χ3n) is 4.63. The van der Waals surface area contributed by atoms with Crippen LogP contribution >= 0.6 is 22.9 Å². The molecule has 0 bridgehead atoms. The first-order chi connectivity index (χ1) is 15.8. The summed E-state index contributed by atoms with van der Waals surface area (Å²) >= 11 is 7.18. The van der Waals surface area contributed by atoms with Crippen molar-refractivity contribution in [2.24, 2.45) is 0 Å². The van der Waals surface area contributed by atoms with Crippen LogP contribution in [0.15, 0.2) is 41.3 Å². The van der Waals surface area contributed by atoms with Gasteiger partial charge in [0.25, 0.3) is 0 Å². The molecule has 7 nitrogen and oxygen atoms in total. The third kappa shape index (κ3) is 6.17. The summed E-state index contributed by atoms with van der Waals surface area (Å²) in [5, 5.41) is 2.91. The summed E-state index contributed by atoms with van der Waals surface area (Å²) in [5.41, 5.74) is -0.811. The Kier molecular flexibility index (Phi) is 7.75. The summed E-state index contributed by atoms with van der Waals surface area (Å²) in [4.78, 5) is 15.1. The molecular formula is C21H21ClF3N3O4S2. The van der Waals surface area contributed by atoms with Crippen LogP contribution in [0.5, 0.6) is 0 Å². The zero-order valence-corrected chi connectivity index (χ0v) is 20.8. The van der Waals surface area contributed by atoms with Crippen LogP contribution < -0.4 is 0 Å². The van der Waals surface area contributed by atoms with Gasteiger partial charge in [0, 0.05) is 17.7 Å². The van der Waals surface area contributed by atoms with E-state index in [9.17, 15) is 26.4 Å². The van der Waals surface area contributed by atoms with Gasteiger partial charge in [0.15, 0.2) is 15.5 Å². The lowest BCUT2D eigenvalue weighted by molar-refractivity contribution is -0.146. The van der Waals surface area contributed by atoms with Gasteiger partial charge in [-0.25, -0.2) is 8.42 Å². The first-order valence-electron chi connectivity index (χ1n) is 9.82. The standard InChI is InChI=1S/C21H21ClF3N3O4S2/c1-27(2)9-10-32-17(29)12-28-19(18(22)20(26-28)21(23,24)25)16-8-7-15(33-16)13-5-4-6-14(11-13)34(3,30)31/h4-8,11H,9-10,12H2,1-3H3. The van der Waals surface area contributed by atoms with E-state index in [4.69, 9.17) is 16.3 Å². The van der Waals surface area contributed by atoms with Crippen LogP contribution in [-0.2, 0) is 32.1 Å². The Morgan fingerprint density at radius 2 is 1.88 bits per heavy atom. The van der Waals surface area contributed by atoms with Crippen molar-refractivity contribution < 1.29 is 31.1 Å². The summed E-state index contributed by atoms with van der Waals surface area (Å²) in [6.45, 7) is -0.0371. The highest BCUT2D eigenvalue weighted by Gasteiger charge is 2.39. The monoisotopic (exact) mass is 535 g/mol. The van der Waals surface area contributed by atoms with Gasteiger partial charge in [-0.3, -0.25) is 9.48 Å². The van der Waals surface area contributed by atoms with Crippen LogP contribution in [0.25, 0.3) is 21.0 Å². The van der Waals surface area contributed by atoms with Crippen molar-refractivity contribution in [1.29, 1.82) is 0 Å². The number of hydrogen-bond donors (Lipinski definition) is 0. The number of likely N-dealkylation sites (N-methyl/N-ethyl adjacent to an activating group) is 1. The highest BCUT2D eigenvalue weighted by Crippen LogP contribution is 2.43. The maximum Gasteiger partial charge on any atom is 0.436 e. The molecule has 0 spiro atoms. The van der Waals surface area contributed by atoms with Crippen molar-refractivity contribution in [1.82, 2.24) is 14.7 Å². The molecule has 1 aromatic carbocycles. The number of benzene rings is 1. The SMILES string of the molecule is CN(C)CCOC(=O)Cn1nc(C(F)(F)F)c(Cl)c1-c1ccc(-c2cccc(S(C)(=O)=O)c2)s1. The van der Waals surface area contributed by atoms with Crippen LogP contribution in [0, 0.1) is 0 Å². The van der Waals surface area contributed by atoms with E-state index in [1.165, 1.54) is 12.1 Å². The van der Waals surface area contributed by atoms with Gasteiger partial charge in [0.05, 0.1) is 20.5 Å². The van der Waals surface area contributed by atoms with Gasteiger partial charge in [-0.15, -0.1) is 11.3 Å². The molecule has 0 N–H and O–H groups in total. The van der Waals surface area contributed by atoms with Crippen molar-refractivity contribution in [3.8, 4) is 21.0 Å². The van der Waals surface area contributed by atoms with E-state index < -0.39 is 39.2 Å². The quantitative estimate of drug-likeness (QED) is 0.396. The van der Waals surface area contributed by atoms with Crippen LogP contribution in [0.1, 0.15) is 5.69 Å². The molecule has 2 aromatic heterocycles. The van der Waals surface area contributed by atoms with Crippen LogP contribution in [-0.4, -0.2) is 62.6 Å². The molecule has 0 aliphatic rings. The Hall–Kier alpha value is -2.41. The maximum absolute atomic E-state index is 13.5. The molecule has 3 rings (SSSR count). The Balaban J connectivity index is 1.99. The van der Waals surface area contributed by atoms with Crippen molar-refractivity contribution in [3.63, 3.8) is 0 Å². The second-order valence-corrected chi connectivity index (χ2v) is 11.1. The van der Waals surface area contributed by atoms with Gasteiger partial charge in [-0.2, -0.15) is 18.3 Å². The van der Waals surface area contributed by atoms with E-state index in [-0.39, 0.29) is 17.2 Å². The number of carbonyl (C=O) groups is 1. The predicted octanol–water partition coefficient (Wildman–Crippen LogP) is 4.46. The molecule has 13 heteroatoms. The Morgan fingerprint density at radius 1 is 1.21 bits per heavy atom. The highest BCUT2D eigenvalue weighted by molar-refractivity contribution is 7.90. The molecular weight excluding hydrogens is 515 g/mol. The fourth-order valence-corrected chi connectivity index (χ4v) is 5.11. The number of esters is 1. The molecule has 0 amide bonds. The van der Waals surface area contributed by atoms with Crippen LogP contribution in [0.3, 0.4) is 0 Å². The normalized spacial score (nSPS) is 12.4. The zero-order valence-electron chi connectivity index (χ0n) is 18.4. The van der Waals surface area contributed by atoms with Crippen LogP contribution in [0.2, 0.25) is 5.02 Å². The minimum atomic E-state index is -4.82. The van der Waals surface area contributed by atoms with E-state index in [1.807, 2.05) is 0 Å². The summed E-state index contributed by atoms with van der Waals surface area (Å²) in [5.74, 6) is -0.756. The zero-order chi connectivity index (χ0) is 25.3. The van der Waals surface area contributed by atoms with E-state index >= 15 is 0 Å². The lowest BCUT2D eigenvalue weighted by Crippen LogP contribution is -2.22. The van der Waals surface area contributed by atoms with Gasteiger partial charge < -0.3 is 9.64 Å². The topological polar surface area (TPSA) is 81.5 Å². The molecule has 0 unspecified atom stereocenters. The fourth-order valence-electron chi connectivity index (χ4n) is 2.98. The van der Waals surface area contributed by atoms with E-state index in [0.717, 1.165) is 22.3 Å². The van der Waals surface area contributed by atoms with Crippen molar-refractivity contribution in [3.05, 3.63) is 47.1 Å². The number of aromatic nitrogens is 2. The predicted molar refractivity (Wildman–Crippen MR) is 124 cm³/mol. The third-order valence-corrected chi connectivity index (χ3v) is 7.24. The number of nitrogens with zero attached hydrogens (tertiary/aromatic N) is 3. The largest absolute Gasteiger partial charge is 0.463 e. The molecule has 184 valence electrons. The van der Waals surface area contributed by atoms with Crippen molar-refractivity contribution in [2.45, 2.75) is 17.6 Å². The molecule has 0 saturated carbocycles. The van der Waals surface area contributed by atoms with Crippen molar-refractivity contribution in [2.75, 3.05) is 33.5 Å². The van der Waals surface area contributed by atoms with Gasteiger partial charge in [0.1, 0.15) is 13.2 Å². The average molecular weight is 536 g/mol. The number of halogens is 4. The summed E-state index contributed by atoms with van der Waals surface area (Å²) in [7, 11) is 0.131. The first kappa shape index (κ1) is 26.2. The minimum Gasteiger partial charge on any atom is -0.463 e. The average Bonchev–Trinajstić information content (AvgIpc) is 3.31. The summed E-state index contributed by atoms with van der Waals surface area (Å²) in [6, 6.07) is 9.38. The summed E-state index contributed by atoms with van der Waals surface area (Å²) in [6.07, 6.45) is -3.74. The molecule has 2 heterocycles. The molecule has 0 aliphatic carbocycles. The van der Waals surface area contributed by atoms with Gasteiger partial charge in [-0.1, -0.05) is 23.7 Å². The molecule has 34 heavy (non-hydrogen) atoms. The lowest BCUT2D eigenvalue weighted by atomic mass is 10.2. The second-order valence-electron chi connectivity index (χ2n) is 7.65. The summed E-state index contributed by atoms with van der Waals surface area (Å²) < 4.78 is 70.1. The minimum absolute atomic E-state index is 0.0716. The number of rotatable bonds is 8. The smallest absolute Gasteiger partial charge is 0.436 e. The number of alkyl halides is 3. The lowest BCUT2D eigenvalue weighted by Gasteiger charge is -2.11. The van der Waals surface area contributed by atoms with Gasteiger partial charge >= 0.3 is 12.1 Å². The van der Waals surface area contributed by atoms with Gasteiger partial charge in [0.2, 0.25) is 0 Å². The molecule has 0 fully saturated rings. The number of ether oxygens (including phenoxy) is 1. The Bertz CT molecular complexity index is 1300. The number of thiophene rings is 1.